The SMILES string of the molecule is CSCCC(NC(=O)c1cc(Cl)c(Cl)[nH]1)c1nnc2ccccn12. The van der Waals surface area contributed by atoms with Crippen molar-refractivity contribution in [2.24, 2.45) is 0 Å². The normalized spacial score (nSPS) is 12.5. The first-order valence-electron chi connectivity index (χ1n) is 7.23. The van der Waals surface area contributed by atoms with Crippen molar-refractivity contribution >= 4 is 46.5 Å². The fourth-order valence-corrected chi connectivity index (χ4v) is 3.15. The van der Waals surface area contributed by atoms with Gasteiger partial charge in [-0.15, -0.1) is 10.2 Å². The summed E-state index contributed by atoms with van der Waals surface area (Å²) < 4.78 is 1.87. The number of pyridine rings is 1. The van der Waals surface area contributed by atoms with Gasteiger partial charge in [-0.25, -0.2) is 0 Å². The molecule has 3 aromatic rings. The van der Waals surface area contributed by atoms with Gasteiger partial charge in [-0.2, -0.15) is 11.8 Å². The van der Waals surface area contributed by atoms with E-state index in [9.17, 15) is 4.79 Å². The number of amides is 1. The zero-order valence-corrected chi connectivity index (χ0v) is 15.1. The predicted molar refractivity (Wildman–Crippen MR) is 97.0 cm³/mol. The number of hydrogen-bond donors (Lipinski definition) is 2. The van der Waals surface area contributed by atoms with E-state index in [0.29, 0.717) is 16.5 Å². The van der Waals surface area contributed by atoms with Crippen molar-refractivity contribution < 1.29 is 4.79 Å². The maximum absolute atomic E-state index is 12.5. The van der Waals surface area contributed by atoms with Crippen LogP contribution in [0.2, 0.25) is 10.2 Å². The first kappa shape index (κ1) is 17.1. The molecule has 0 fully saturated rings. The lowest BCUT2D eigenvalue weighted by molar-refractivity contribution is 0.0929. The second kappa shape index (κ2) is 7.46. The quantitative estimate of drug-likeness (QED) is 0.681. The highest BCUT2D eigenvalue weighted by molar-refractivity contribution is 7.98. The average Bonchev–Trinajstić information content (AvgIpc) is 3.15. The third-order valence-electron chi connectivity index (χ3n) is 3.54. The van der Waals surface area contributed by atoms with Gasteiger partial charge in [-0.1, -0.05) is 29.3 Å². The van der Waals surface area contributed by atoms with Gasteiger partial charge < -0.3 is 10.3 Å². The van der Waals surface area contributed by atoms with E-state index in [1.807, 2.05) is 35.1 Å². The predicted octanol–water partition coefficient (Wildman–Crippen LogP) is 3.59. The molecule has 3 heterocycles. The molecule has 1 atom stereocenters. The van der Waals surface area contributed by atoms with Gasteiger partial charge in [0.15, 0.2) is 11.5 Å². The van der Waals surface area contributed by atoms with E-state index in [2.05, 4.69) is 20.5 Å². The van der Waals surface area contributed by atoms with Crippen molar-refractivity contribution in [3.63, 3.8) is 0 Å². The third kappa shape index (κ3) is 3.53. The first-order valence-corrected chi connectivity index (χ1v) is 9.38. The lowest BCUT2D eigenvalue weighted by atomic mass is 10.2. The fraction of sp³-hybridized carbons (Fsp3) is 0.267. The lowest BCUT2D eigenvalue weighted by Crippen LogP contribution is -2.30. The summed E-state index contributed by atoms with van der Waals surface area (Å²) in [5, 5.41) is 11.9. The molecule has 0 aliphatic heterocycles. The molecule has 9 heteroatoms. The summed E-state index contributed by atoms with van der Waals surface area (Å²) in [6.07, 6.45) is 4.63. The highest BCUT2D eigenvalue weighted by atomic mass is 35.5. The van der Waals surface area contributed by atoms with Crippen LogP contribution < -0.4 is 5.32 Å². The Hall–Kier alpha value is -1.70. The smallest absolute Gasteiger partial charge is 0.268 e. The molecule has 126 valence electrons. The number of fused-ring (bicyclic) bond motifs is 1. The van der Waals surface area contributed by atoms with Gasteiger partial charge in [0.25, 0.3) is 5.91 Å². The second-order valence-corrected chi connectivity index (χ2v) is 6.91. The molecule has 0 aliphatic carbocycles. The number of rotatable bonds is 6. The Labute approximate surface area is 152 Å². The van der Waals surface area contributed by atoms with Gasteiger partial charge in [0.1, 0.15) is 10.8 Å². The third-order valence-corrected chi connectivity index (χ3v) is 4.87. The molecule has 0 saturated carbocycles. The van der Waals surface area contributed by atoms with Crippen LogP contribution in [0.4, 0.5) is 0 Å². The minimum atomic E-state index is -0.289. The topological polar surface area (TPSA) is 75.1 Å². The summed E-state index contributed by atoms with van der Waals surface area (Å²) in [6, 6.07) is 6.90. The Balaban J connectivity index is 1.87. The Kier molecular flexibility index (Phi) is 5.33. The molecule has 0 radical (unpaired) electrons. The number of nitrogens with zero attached hydrogens (tertiary/aromatic N) is 3. The molecule has 0 spiro atoms. The van der Waals surface area contributed by atoms with Crippen molar-refractivity contribution in [2.75, 3.05) is 12.0 Å². The van der Waals surface area contributed by atoms with Crippen LogP contribution in [0.25, 0.3) is 5.65 Å². The van der Waals surface area contributed by atoms with Crippen molar-refractivity contribution in [1.82, 2.24) is 24.9 Å². The number of aromatic nitrogens is 4. The van der Waals surface area contributed by atoms with E-state index in [4.69, 9.17) is 23.2 Å². The summed E-state index contributed by atoms with van der Waals surface area (Å²) in [6.45, 7) is 0. The highest BCUT2D eigenvalue weighted by Crippen LogP contribution is 2.23. The van der Waals surface area contributed by atoms with E-state index in [1.54, 1.807) is 11.8 Å². The molecule has 3 rings (SSSR count). The molecule has 0 aliphatic rings. The standard InChI is InChI=1S/C15H15Cl2N5OS/c1-24-7-5-10(14-21-20-12-4-2-3-6-22(12)14)19-15(23)11-8-9(16)13(17)18-11/h2-4,6,8,10,18H,5,7H2,1H3,(H,19,23). The van der Waals surface area contributed by atoms with Gasteiger partial charge in [0, 0.05) is 6.20 Å². The van der Waals surface area contributed by atoms with Crippen LogP contribution in [0.15, 0.2) is 30.5 Å². The molecule has 2 N–H and O–H groups in total. The van der Waals surface area contributed by atoms with Gasteiger partial charge >= 0.3 is 0 Å². The zero-order valence-electron chi connectivity index (χ0n) is 12.8. The van der Waals surface area contributed by atoms with Gasteiger partial charge in [-0.05, 0) is 36.6 Å². The van der Waals surface area contributed by atoms with Gasteiger partial charge in [0.05, 0.1) is 11.1 Å². The number of hydrogen-bond acceptors (Lipinski definition) is 4. The first-order chi connectivity index (χ1) is 11.6. The van der Waals surface area contributed by atoms with Crippen LogP contribution in [0.1, 0.15) is 28.8 Å². The maximum Gasteiger partial charge on any atom is 0.268 e. The highest BCUT2D eigenvalue weighted by Gasteiger charge is 2.22. The van der Waals surface area contributed by atoms with Crippen LogP contribution in [0.3, 0.4) is 0 Å². The van der Waals surface area contributed by atoms with Crippen LogP contribution >= 0.6 is 35.0 Å². The van der Waals surface area contributed by atoms with Crippen LogP contribution in [-0.4, -0.2) is 37.5 Å². The number of halogens is 2. The van der Waals surface area contributed by atoms with E-state index >= 15 is 0 Å². The molecule has 24 heavy (non-hydrogen) atoms. The number of nitrogens with one attached hydrogen (secondary N) is 2. The molecule has 0 aromatic carbocycles. The van der Waals surface area contributed by atoms with E-state index in [1.165, 1.54) is 6.07 Å². The number of aromatic amines is 1. The van der Waals surface area contributed by atoms with Gasteiger partial charge in [0.2, 0.25) is 0 Å². The monoisotopic (exact) mass is 383 g/mol. The van der Waals surface area contributed by atoms with E-state index in [-0.39, 0.29) is 17.1 Å². The molecule has 0 saturated heterocycles. The van der Waals surface area contributed by atoms with Crippen LogP contribution in [-0.2, 0) is 0 Å². The molecular weight excluding hydrogens is 369 g/mol. The van der Waals surface area contributed by atoms with E-state index < -0.39 is 0 Å². The Morgan fingerprint density at radius 1 is 1.42 bits per heavy atom. The van der Waals surface area contributed by atoms with Gasteiger partial charge in [-0.3, -0.25) is 9.20 Å². The van der Waals surface area contributed by atoms with E-state index in [0.717, 1.165) is 17.8 Å². The summed E-state index contributed by atoms with van der Waals surface area (Å²) in [5.74, 6) is 1.28. The number of carbonyl (C=O) groups is 1. The minimum Gasteiger partial charge on any atom is -0.341 e. The molecule has 1 amide bonds. The summed E-state index contributed by atoms with van der Waals surface area (Å²) >= 11 is 13.5. The molecule has 6 nitrogen and oxygen atoms in total. The number of thioether (sulfide) groups is 1. The second-order valence-electron chi connectivity index (χ2n) is 5.14. The average molecular weight is 384 g/mol. The van der Waals surface area contributed by atoms with Crippen molar-refractivity contribution in [3.05, 3.63) is 52.2 Å². The van der Waals surface area contributed by atoms with Crippen molar-refractivity contribution in [3.8, 4) is 0 Å². The summed E-state index contributed by atoms with van der Waals surface area (Å²) in [5.41, 5.74) is 1.05. The van der Waals surface area contributed by atoms with Crippen LogP contribution in [0, 0.1) is 0 Å². The zero-order chi connectivity index (χ0) is 17.1. The molecule has 0 bridgehead atoms. The number of carbonyl (C=O) groups excluding carboxylic acids is 1. The molecule has 3 aromatic heterocycles. The van der Waals surface area contributed by atoms with Crippen molar-refractivity contribution in [2.45, 2.75) is 12.5 Å². The minimum absolute atomic E-state index is 0.246. The Morgan fingerprint density at radius 2 is 2.25 bits per heavy atom. The fourth-order valence-electron chi connectivity index (χ4n) is 2.36. The van der Waals surface area contributed by atoms with Crippen LogP contribution in [0.5, 0.6) is 0 Å². The summed E-state index contributed by atoms with van der Waals surface area (Å²) in [7, 11) is 0. The lowest BCUT2D eigenvalue weighted by Gasteiger charge is -2.16. The Morgan fingerprint density at radius 3 is 2.96 bits per heavy atom. The largest absolute Gasteiger partial charge is 0.341 e. The maximum atomic E-state index is 12.5. The molecular formula is C15H15Cl2N5OS. The summed E-state index contributed by atoms with van der Waals surface area (Å²) in [4.78, 5) is 15.3. The Bertz CT molecular complexity index is 843. The number of H-pyrrole nitrogens is 1. The molecule has 1 unspecified atom stereocenters. The van der Waals surface area contributed by atoms with Crippen molar-refractivity contribution in [1.29, 1.82) is 0 Å².